The lowest BCUT2D eigenvalue weighted by molar-refractivity contribution is 0.101. The van der Waals surface area contributed by atoms with E-state index in [2.05, 4.69) is 10.5 Å². The largest absolute Gasteiger partial charge is 0.355 e. The third-order valence-corrected chi connectivity index (χ3v) is 4.99. The van der Waals surface area contributed by atoms with Gasteiger partial charge in [-0.2, -0.15) is 0 Å². The van der Waals surface area contributed by atoms with E-state index in [0.717, 1.165) is 21.0 Å². The van der Waals surface area contributed by atoms with Gasteiger partial charge in [-0.1, -0.05) is 77.6 Å². The van der Waals surface area contributed by atoms with Crippen LogP contribution in [0.15, 0.2) is 105 Å². The fourth-order valence-electron chi connectivity index (χ4n) is 2.58. The topological polar surface area (TPSA) is 55.1 Å². The quantitative estimate of drug-likeness (QED) is 0.485. The lowest BCUT2D eigenvalue weighted by Gasteiger charge is -2.09. The highest BCUT2D eigenvalue weighted by molar-refractivity contribution is 7.99. The zero-order valence-electron chi connectivity index (χ0n) is 14.3. The minimum Gasteiger partial charge on any atom is -0.355 e. The fraction of sp³-hybridized carbons (Fsp3) is 0. The van der Waals surface area contributed by atoms with Crippen molar-refractivity contribution in [2.24, 2.45) is 0 Å². The normalized spacial score (nSPS) is 10.5. The van der Waals surface area contributed by atoms with Crippen LogP contribution in [0.4, 0.5) is 5.69 Å². The summed E-state index contributed by atoms with van der Waals surface area (Å²) < 4.78 is 5.32. The molecule has 1 N–H and O–H groups in total. The third kappa shape index (κ3) is 4.10. The van der Waals surface area contributed by atoms with E-state index in [1.165, 1.54) is 0 Å². The van der Waals surface area contributed by atoms with Crippen molar-refractivity contribution in [3.63, 3.8) is 0 Å². The van der Waals surface area contributed by atoms with E-state index in [1.807, 2.05) is 84.9 Å². The molecule has 0 aliphatic heterocycles. The zero-order valence-corrected chi connectivity index (χ0v) is 15.1. The zero-order chi connectivity index (χ0) is 18.5. The number of aromatic nitrogens is 1. The maximum Gasteiger partial charge on any atom is 0.277 e. The number of nitrogens with one attached hydrogen (secondary N) is 1. The van der Waals surface area contributed by atoms with Crippen LogP contribution >= 0.6 is 11.8 Å². The molecule has 1 aromatic heterocycles. The van der Waals surface area contributed by atoms with Crippen LogP contribution in [0.2, 0.25) is 0 Å². The summed E-state index contributed by atoms with van der Waals surface area (Å²) in [6.07, 6.45) is 0. The molecule has 132 valence electrons. The van der Waals surface area contributed by atoms with Crippen LogP contribution in [0.25, 0.3) is 11.3 Å². The molecule has 0 unspecified atom stereocenters. The summed E-state index contributed by atoms with van der Waals surface area (Å²) in [6.45, 7) is 0. The number of benzene rings is 3. The molecule has 4 nitrogen and oxygen atoms in total. The van der Waals surface area contributed by atoms with Gasteiger partial charge < -0.3 is 9.84 Å². The van der Waals surface area contributed by atoms with Gasteiger partial charge in [-0.3, -0.25) is 4.79 Å². The molecule has 27 heavy (non-hydrogen) atoms. The van der Waals surface area contributed by atoms with Crippen LogP contribution in [0.1, 0.15) is 10.5 Å². The second-order valence-electron chi connectivity index (χ2n) is 5.81. The molecule has 4 aromatic rings. The van der Waals surface area contributed by atoms with E-state index < -0.39 is 0 Å². The molecule has 0 bridgehead atoms. The third-order valence-electron chi connectivity index (χ3n) is 3.91. The van der Waals surface area contributed by atoms with Crippen molar-refractivity contribution in [3.8, 4) is 11.3 Å². The Hall–Kier alpha value is -3.31. The van der Waals surface area contributed by atoms with Crippen molar-refractivity contribution >= 4 is 23.4 Å². The molecule has 0 atom stereocenters. The number of para-hydroxylation sites is 1. The average molecular weight is 372 g/mol. The van der Waals surface area contributed by atoms with Gasteiger partial charge in [0.2, 0.25) is 0 Å². The number of anilines is 1. The summed E-state index contributed by atoms with van der Waals surface area (Å²) in [5.41, 5.74) is 1.86. The molecule has 0 aliphatic rings. The monoisotopic (exact) mass is 372 g/mol. The van der Waals surface area contributed by atoms with Gasteiger partial charge in [0.25, 0.3) is 5.91 Å². The number of nitrogens with zero attached hydrogens (tertiary/aromatic N) is 1. The van der Waals surface area contributed by atoms with Crippen LogP contribution < -0.4 is 5.32 Å². The highest BCUT2D eigenvalue weighted by Gasteiger charge is 2.15. The summed E-state index contributed by atoms with van der Waals surface area (Å²) in [4.78, 5) is 14.7. The molecule has 4 rings (SSSR count). The van der Waals surface area contributed by atoms with Crippen molar-refractivity contribution in [1.82, 2.24) is 5.16 Å². The Balaban J connectivity index is 1.53. The van der Waals surface area contributed by atoms with Crippen molar-refractivity contribution in [2.45, 2.75) is 9.79 Å². The van der Waals surface area contributed by atoms with Crippen LogP contribution in [0.3, 0.4) is 0 Å². The number of carbonyl (C=O) groups is 1. The van der Waals surface area contributed by atoms with Gasteiger partial charge in [0.1, 0.15) is 0 Å². The lowest BCUT2D eigenvalue weighted by Crippen LogP contribution is -2.12. The Labute approximate surface area is 161 Å². The number of amides is 1. The number of hydrogen-bond acceptors (Lipinski definition) is 4. The summed E-state index contributed by atoms with van der Waals surface area (Å²) in [7, 11) is 0. The number of hydrogen-bond donors (Lipinski definition) is 1. The molecule has 0 saturated carbocycles. The summed E-state index contributed by atoms with van der Waals surface area (Å²) in [6, 6.07) is 28.9. The van der Waals surface area contributed by atoms with Crippen molar-refractivity contribution in [1.29, 1.82) is 0 Å². The molecule has 0 saturated heterocycles. The number of carbonyl (C=O) groups excluding carboxylic acids is 1. The first-order valence-electron chi connectivity index (χ1n) is 8.45. The molecule has 0 aliphatic carbocycles. The minimum atomic E-state index is -0.304. The second-order valence-corrected chi connectivity index (χ2v) is 6.92. The molecule has 0 radical (unpaired) electrons. The van der Waals surface area contributed by atoms with Crippen LogP contribution in [0, 0.1) is 0 Å². The Bertz CT molecular complexity index is 1050. The first-order valence-corrected chi connectivity index (χ1v) is 9.27. The predicted molar refractivity (Wildman–Crippen MR) is 107 cm³/mol. The average Bonchev–Trinajstić information content (AvgIpc) is 3.21. The van der Waals surface area contributed by atoms with E-state index in [1.54, 1.807) is 17.8 Å². The Morgan fingerprint density at radius 2 is 1.52 bits per heavy atom. The van der Waals surface area contributed by atoms with E-state index >= 15 is 0 Å². The molecule has 5 heteroatoms. The van der Waals surface area contributed by atoms with Crippen molar-refractivity contribution in [2.75, 3.05) is 5.32 Å². The highest BCUT2D eigenvalue weighted by Crippen LogP contribution is 2.33. The van der Waals surface area contributed by atoms with Gasteiger partial charge in [-0.15, -0.1) is 0 Å². The van der Waals surface area contributed by atoms with Crippen LogP contribution in [-0.4, -0.2) is 11.1 Å². The van der Waals surface area contributed by atoms with Crippen LogP contribution in [-0.2, 0) is 0 Å². The fourth-order valence-corrected chi connectivity index (χ4v) is 3.50. The van der Waals surface area contributed by atoms with Crippen molar-refractivity contribution < 1.29 is 9.32 Å². The highest BCUT2D eigenvalue weighted by atomic mass is 32.2. The van der Waals surface area contributed by atoms with Gasteiger partial charge in [-0.05, 0) is 24.3 Å². The van der Waals surface area contributed by atoms with E-state index in [-0.39, 0.29) is 11.6 Å². The molecule has 1 amide bonds. The smallest absolute Gasteiger partial charge is 0.277 e. The summed E-state index contributed by atoms with van der Waals surface area (Å²) >= 11 is 1.59. The van der Waals surface area contributed by atoms with Crippen LogP contribution in [0.5, 0.6) is 0 Å². The maximum absolute atomic E-state index is 12.6. The van der Waals surface area contributed by atoms with Gasteiger partial charge in [-0.25, -0.2) is 0 Å². The second kappa shape index (κ2) is 7.93. The standard InChI is InChI=1S/C22H16N2O2S/c25-22(19-15-20(26-24-19)16-9-3-1-4-10-16)23-18-13-7-8-14-21(18)27-17-11-5-2-6-12-17/h1-15H,(H,23,25). The predicted octanol–water partition coefficient (Wildman–Crippen LogP) is 5.75. The molecule has 0 spiro atoms. The van der Waals surface area contributed by atoms with Gasteiger partial charge in [0, 0.05) is 21.4 Å². The molecular formula is C22H16N2O2S. The Kier molecular flexibility index (Phi) is 5.03. The first-order chi connectivity index (χ1) is 13.3. The number of rotatable bonds is 5. The maximum atomic E-state index is 12.6. The molecule has 1 heterocycles. The first kappa shape index (κ1) is 17.1. The molecular weight excluding hydrogens is 356 g/mol. The molecule has 3 aromatic carbocycles. The van der Waals surface area contributed by atoms with Crippen molar-refractivity contribution in [3.05, 3.63) is 96.7 Å². The SMILES string of the molecule is O=C(Nc1ccccc1Sc1ccccc1)c1cc(-c2ccccc2)on1. The summed E-state index contributed by atoms with van der Waals surface area (Å²) in [5, 5.41) is 6.84. The minimum absolute atomic E-state index is 0.244. The Morgan fingerprint density at radius 1 is 0.852 bits per heavy atom. The van der Waals surface area contributed by atoms with E-state index in [4.69, 9.17) is 4.52 Å². The van der Waals surface area contributed by atoms with Gasteiger partial charge in [0.15, 0.2) is 11.5 Å². The van der Waals surface area contributed by atoms with E-state index in [0.29, 0.717) is 5.76 Å². The van der Waals surface area contributed by atoms with Gasteiger partial charge >= 0.3 is 0 Å². The van der Waals surface area contributed by atoms with Gasteiger partial charge in [0.05, 0.1) is 5.69 Å². The van der Waals surface area contributed by atoms with E-state index in [9.17, 15) is 4.79 Å². The Morgan fingerprint density at radius 3 is 2.30 bits per heavy atom. The lowest BCUT2D eigenvalue weighted by atomic mass is 10.1. The summed E-state index contributed by atoms with van der Waals surface area (Å²) in [5.74, 6) is 0.259. The molecule has 0 fully saturated rings.